The van der Waals surface area contributed by atoms with E-state index in [1.807, 2.05) is 0 Å². The van der Waals surface area contributed by atoms with Crippen LogP contribution in [0.25, 0.3) is 0 Å². The van der Waals surface area contributed by atoms with Crippen LogP contribution in [0.1, 0.15) is 63.7 Å². The Kier molecular flexibility index (Phi) is 7.59. The summed E-state index contributed by atoms with van der Waals surface area (Å²) in [5, 5.41) is 10.5. The molecule has 0 radical (unpaired) electrons. The highest BCUT2D eigenvalue weighted by Gasteiger charge is 2.55. The maximum Gasteiger partial charge on any atom is 0.338 e. The number of rotatable bonds is 7. The smallest absolute Gasteiger partial charge is 0.338 e. The van der Waals surface area contributed by atoms with Crippen molar-refractivity contribution in [3.63, 3.8) is 0 Å². The number of aliphatic hydroxyl groups is 1. The van der Waals surface area contributed by atoms with Gasteiger partial charge in [0.15, 0.2) is 0 Å². The van der Waals surface area contributed by atoms with Crippen molar-refractivity contribution in [3.05, 3.63) is 47.0 Å². The van der Waals surface area contributed by atoms with Crippen molar-refractivity contribution >= 4 is 17.9 Å². The summed E-state index contributed by atoms with van der Waals surface area (Å²) < 4.78 is 22.6. The highest BCUT2D eigenvalue weighted by Crippen LogP contribution is 2.48. The van der Waals surface area contributed by atoms with Crippen LogP contribution in [0.4, 0.5) is 0 Å². The van der Waals surface area contributed by atoms with Crippen LogP contribution in [0.15, 0.2) is 41.5 Å². The van der Waals surface area contributed by atoms with E-state index in [4.69, 9.17) is 18.9 Å². The monoisotopic (exact) mass is 460 g/mol. The van der Waals surface area contributed by atoms with Gasteiger partial charge in [0, 0.05) is 12.8 Å². The summed E-state index contributed by atoms with van der Waals surface area (Å²) in [7, 11) is 0. The van der Waals surface area contributed by atoms with Crippen LogP contribution in [0.5, 0.6) is 0 Å². The Hall–Kier alpha value is -2.71. The van der Waals surface area contributed by atoms with Crippen molar-refractivity contribution in [2.45, 2.75) is 76.8 Å². The van der Waals surface area contributed by atoms with Gasteiger partial charge in [0.1, 0.15) is 11.7 Å². The van der Waals surface area contributed by atoms with Gasteiger partial charge in [-0.2, -0.15) is 0 Å². The number of carbonyl (C=O) groups is 3. The highest BCUT2D eigenvalue weighted by molar-refractivity contribution is 6.01. The Bertz CT molecular complexity index is 914. The Labute approximate surface area is 193 Å². The van der Waals surface area contributed by atoms with Crippen molar-refractivity contribution in [3.8, 4) is 0 Å². The molecule has 3 atom stereocenters. The van der Waals surface area contributed by atoms with Crippen LogP contribution in [0.2, 0.25) is 0 Å². The van der Waals surface area contributed by atoms with E-state index < -0.39 is 41.3 Å². The van der Waals surface area contributed by atoms with Gasteiger partial charge in [0.2, 0.25) is 0 Å². The van der Waals surface area contributed by atoms with Crippen molar-refractivity contribution in [2.75, 3.05) is 13.2 Å². The lowest BCUT2D eigenvalue weighted by molar-refractivity contribution is -0.169. The molecule has 2 aliphatic rings. The molecule has 1 aromatic carbocycles. The van der Waals surface area contributed by atoms with E-state index >= 15 is 0 Å². The molecule has 8 heteroatoms. The van der Waals surface area contributed by atoms with Crippen molar-refractivity contribution in [1.82, 2.24) is 0 Å². The molecule has 3 rings (SSSR count). The van der Waals surface area contributed by atoms with Gasteiger partial charge in [-0.1, -0.05) is 18.2 Å². The predicted molar refractivity (Wildman–Crippen MR) is 118 cm³/mol. The first-order valence-corrected chi connectivity index (χ1v) is 11.3. The maximum absolute atomic E-state index is 12.9. The minimum absolute atomic E-state index is 0.0132. The number of benzene rings is 1. The van der Waals surface area contributed by atoms with Crippen molar-refractivity contribution < 1.29 is 38.4 Å². The van der Waals surface area contributed by atoms with E-state index in [0.29, 0.717) is 18.4 Å². The van der Waals surface area contributed by atoms with Gasteiger partial charge in [0.05, 0.1) is 41.6 Å². The molecule has 1 saturated heterocycles. The zero-order valence-corrected chi connectivity index (χ0v) is 19.6. The summed E-state index contributed by atoms with van der Waals surface area (Å²) in [4.78, 5) is 38.4. The van der Waals surface area contributed by atoms with E-state index in [2.05, 4.69) is 0 Å². The number of ether oxygens (including phenoxy) is 4. The number of carbonyl (C=O) groups excluding carboxylic acids is 3. The summed E-state index contributed by atoms with van der Waals surface area (Å²) in [6.45, 7) is 6.93. The Balaban J connectivity index is 2.01. The molecule has 1 spiro atoms. The average molecular weight is 461 g/mol. The van der Waals surface area contributed by atoms with Gasteiger partial charge in [0.25, 0.3) is 0 Å². The van der Waals surface area contributed by atoms with E-state index in [1.165, 1.54) is 0 Å². The minimum Gasteiger partial charge on any atom is -0.463 e. The standard InChI is InChI=1S/C25H32O8/c1-5-30-22(27)17-14-20(32-21(26)16-10-8-7-9-11-16)25(15-18(17)23(28)31-6-2)13-12-19(33-25)24(3,4)29/h7-11,19-20,29H,5-6,12-15H2,1-4H3/t19-,20-,25+/m0/s1. The van der Waals surface area contributed by atoms with E-state index in [1.54, 1.807) is 58.0 Å². The van der Waals surface area contributed by atoms with Gasteiger partial charge >= 0.3 is 17.9 Å². The fourth-order valence-corrected chi connectivity index (χ4v) is 4.41. The summed E-state index contributed by atoms with van der Waals surface area (Å²) in [5.74, 6) is -1.82. The fourth-order valence-electron chi connectivity index (χ4n) is 4.41. The lowest BCUT2D eigenvalue weighted by atomic mass is 9.76. The van der Waals surface area contributed by atoms with Gasteiger partial charge in [-0.25, -0.2) is 14.4 Å². The van der Waals surface area contributed by atoms with E-state index in [0.717, 1.165) is 0 Å². The first-order valence-electron chi connectivity index (χ1n) is 11.3. The molecule has 33 heavy (non-hydrogen) atoms. The fraction of sp³-hybridized carbons (Fsp3) is 0.560. The van der Waals surface area contributed by atoms with Gasteiger partial charge in [-0.3, -0.25) is 0 Å². The van der Waals surface area contributed by atoms with Crippen LogP contribution >= 0.6 is 0 Å². The lowest BCUT2D eigenvalue weighted by Gasteiger charge is -2.42. The van der Waals surface area contributed by atoms with Crippen LogP contribution in [-0.4, -0.2) is 59.6 Å². The zero-order valence-electron chi connectivity index (χ0n) is 19.6. The largest absolute Gasteiger partial charge is 0.463 e. The molecule has 1 aliphatic carbocycles. The molecule has 1 heterocycles. The van der Waals surface area contributed by atoms with E-state index in [9.17, 15) is 19.5 Å². The lowest BCUT2D eigenvalue weighted by Crippen LogP contribution is -2.51. The molecule has 8 nitrogen and oxygen atoms in total. The topological polar surface area (TPSA) is 108 Å². The number of esters is 3. The predicted octanol–water partition coefficient (Wildman–Crippen LogP) is 3.12. The summed E-state index contributed by atoms with van der Waals surface area (Å²) in [6.07, 6.45) is -0.469. The number of hydrogen-bond donors (Lipinski definition) is 1. The Morgan fingerprint density at radius 1 is 1.03 bits per heavy atom. The Morgan fingerprint density at radius 2 is 1.64 bits per heavy atom. The van der Waals surface area contributed by atoms with Crippen LogP contribution < -0.4 is 0 Å². The second-order valence-electron chi connectivity index (χ2n) is 8.90. The summed E-state index contributed by atoms with van der Waals surface area (Å²) in [5.41, 5.74) is -1.55. The van der Waals surface area contributed by atoms with Gasteiger partial charge < -0.3 is 24.1 Å². The first kappa shape index (κ1) is 24.9. The molecular formula is C25H32O8. The van der Waals surface area contributed by atoms with Crippen LogP contribution in [0, 0.1) is 0 Å². The second-order valence-corrected chi connectivity index (χ2v) is 8.90. The molecule has 1 N–H and O–H groups in total. The molecule has 0 unspecified atom stereocenters. The van der Waals surface area contributed by atoms with Gasteiger partial charge in [-0.05, 0) is 52.7 Å². The van der Waals surface area contributed by atoms with E-state index in [-0.39, 0.29) is 37.2 Å². The average Bonchev–Trinajstić information content (AvgIpc) is 3.21. The molecule has 0 aromatic heterocycles. The van der Waals surface area contributed by atoms with Crippen molar-refractivity contribution in [1.29, 1.82) is 0 Å². The van der Waals surface area contributed by atoms with Gasteiger partial charge in [-0.15, -0.1) is 0 Å². The summed E-state index contributed by atoms with van der Waals surface area (Å²) in [6, 6.07) is 8.52. The molecule has 180 valence electrons. The van der Waals surface area contributed by atoms with Crippen LogP contribution in [0.3, 0.4) is 0 Å². The SMILES string of the molecule is CCOC(=O)C1=C(C(=O)OCC)C[C@]2(CC[C@@H](C(C)(C)O)O2)[C@@H](OC(=O)c2ccccc2)C1. The number of hydrogen-bond acceptors (Lipinski definition) is 8. The molecule has 1 aromatic rings. The third-order valence-electron chi connectivity index (χ3n) is 6.11. The second kappa shape index (κ2) is 10.1. The Morgan fingerprint density at radius 3 is 2.18 bits per heavy atom. The minimum atomic E-state index is -1.13. The molecular weight excluding hydrogens is 428 g/mol. The van der Waals surface area contributed by atoms with Crippen LogP contribution in [-0.2, 0) is 28.5 Å². The molecule has 0 bridgehead atoms. The molecule has 0 saturated carbocycles. The highest BCUT2D eigenvalue weighted by atomic mass is 16.6. The third-order valence-corrected chi connectivity index (χ3v) is 6.11. The molecule has 1 fully saturated rings. The molecule has 1 aliphatic heterocycles. The quantitative estimate of drug-likeness (QED) is 0.488. The van der Waals surface area contributed by atoms with Crippen molar-refractivity contribution in [2.24, 2.45) is 0 Å². The molecule has 0 amide bonds. The zero-order chi connectivity index (χ0) is 24.2. The first-order chi connectivity index (χ1) is 15.6. The third kappa shape index (κ3) is 5.45. The normalized spacial score (nSPS) is 25.1. The maximum atomic E-state index is 12.9. The summed E-state index contributed by atoms with van der Waals surface area (Å²) >= 11 is 0.